The van der Waals surface area contributed by atoms with Crippen LogP contribution in [0.4, 0.5) is 5.69 Å². The van der Waals surface area contributed by atoms with Gasteiger partial charge in [-0.1, -0.05) is 11.6 Å². The second kappa shape index (κ2) is 6.34. The Hall–Kier alpha value is -1.46. The maximum atomic E-state index is 12.6. The Bertz CT molecular complexity index is 567. The lowest BCUT2D eigenvalue weighted by atomic mass is 9.87. The fourth-order valence-corrected chi connectivity index (χ4v) is 3.74. The standard InChI is InChI=1S/C16H22ClN3O2/c1-22-15-7-14(18)13(17)6-12(15)16(21)19-11-5-10-3-2-4-20(8-10)9-11/h6-7,10-11H,2-5,8-9,18H2,1H3,(H,19,21)/t10-,11+/m1/s1. The quantitative estimate of drug-likeness (QED) is 0.836. The number of methoxy groups -OCH3 is 1. The molecular formula is C16H22ClN3O2. The number of amides is 1. The molecule has 22 heavy (non-hydrogen) atoms. The summed E-state index contributed by atoms with van der Waals surface area (Å²) in [7, 11) is 1.52. The summed E-state index contributed by atoms with van der Waals surface area (Å²) in [5.41, 5.74) is 6.61. The molecule has 2 bridgehead atoms. The van der Waals surface area contributed by atoms with E-state index in [-0.39, 0.29) is 11.9 Å². The average molecular weight is 324 g/mol. The largest absolute Gasteiger partial charge is 0.496 e. The summed E-state index contributed by atoms with van der Waals surface area (Å²) < 4.78 is 5.26. The first-order chi connectivity index (χ1) is 10.6. The van der Waals surface area contributed by atoms with Gasteiger partial charge in [0.2, 0.25) is 0 Å². The number of nitrogens with two attached hydrogens (primary N) is 1. The van der Waals surface area contributed by atoms with Crippen LogP contribution >= 0.6 is 11.6 Å². The van der Waals surface area contributed by atoms with E-state index in [1.165, 1.54) is 26.5 Å². The number of carbonyl (C=O) groups excluding carboxylic acids is 1. The van der Waals surface area contributed by atoms with Crippen molar-refractivity contribution < 1.29 is 9.53 Å². The summed E-state index contributed by atoms with van der Waals surface area (Å²) in [4.78, 5) is 15.0. The van der Waals surface area contributed by atoms with Crippen LogP contribution < -0.4 is 15.8 Å². The van der Waals surface area contributed by atoms with Crippen LogP contribution in [-0.2, 0) is 0 Å². The van der Waals surface area contributed by atoms with Crippen molar-refractivity contribution in [2.24, 2.45) is 5.92 Å². The van der Waals surface area contributed by atoms with Crippen LogP contribution in [0.3, 0.4) is 0 Å². The van der Waals surface area contributed by atoms with E-state index in [1.807, 2.05) is 0 Å². The molecule has 0 saturated carbocycles. The molecule has 0 aliphatic carbocycles. The third-order valence-electron chi connectivity index (χ3n) is 4.60. The summed E-state index contributed by atoms with van der Waals surface area (Å²) in [6, 6.07) is 3.36. The van der Waals surface area contributed by atoms with Gasteiger partial charge >= 0.3 is 0 Å². The van der Waals surface area contributed by atoms with Gasteiger partial charge in [0.25, 0.3) is 5.91 Å². The number of nitrogens with zero attached hydrogens (tertiary/aromatic N) is 1. The molecule has 2 aliphatic heterocycles. The van der Waals surface area contributed by atoms with Crippen LogP contribution in [0.25, 0.3) is 0 Å². The summed E-state index contributed by atoms with van der Waals surface area (Å²) >= 11 is 6.04. The Kier molecular flexibility index (Phi) is 4.45. The maximum Gasteiger partial charge on any atom is 0.255 e. The number of halogens is 1. The fraction of sp³-hybridized carbons (Fsp3) is 0.562. The number of hydrogen-bond donors (Lipinski definition) is 2. The Labute approximate surface area is 135 Å². The molecule has 2 aliphatic rings. The van der Waals surface area contributed by atoms with Crippen molar-refractivity contribution in [2.75, 3.05) is 32.5 Å². The Balaban J connectivity index is 1.73. The number of ether oxygens (including phenoxy) is 1. The van der Waals surface area contributed by atoms with Crippen molar-refractivity contribution >= 4 is 23.2 Å². The van der Waals surface area contributed by atoms with Gasteiger partial charge in [0.05, 0.1) is 23.4 Å². The van der Waals surface area contributed by atoms with Crippen molar-refractivity contribution in [1.82, 2.24) is 10.2 Å². The number of hydrogen-bond acceptors (Lipinski definition) is 4. The van der Waals surface area contributed by atoms with Crippen LogP contribution in [0.15, 0.2) is 12.1 Å². The fourth-order valence-electron chi connectivity index (χ4n) is 3.58. The first-order valence-corrected chi connectivity index (χ1v) is 8.11. The third-order valence-corrected chi connectivity index (χ3v) is 4.93. The lowest BCUT2D eigenvalue weighted by Gasteiger charge is -2.41. The number of piperidine rings is 2. The highest BCUT2D eigenvalue weighted by molar-refractivity contribution is 6.33. The zero-order valence-electron chi connectivity index (χ0n) is 12.8. The monoisotopic (exact) mass is 323 g/mol. The highest BCUT2D eigenvalue weighted by Gasteiger charge is 2.31. The normalized spacial score (nSPS) is 27.3. The molecule has 3 atom stereocenters. The molecule has 2 heterocycles. The molecule has 0 radical (unpaired) electrons. The zero-order chi connectivity index (χ0) is 15.7. The second-order valence-corrected chi connectivity index (χ2v) is 6.66. The first kappa shape index (κ1) is 15.4. The molecule has 120 valence electrons. The van der Waals surface area contributed by atoms with Gasteiger partial charge in [-0.15, -0.1) is 0 Å². The molecule has 3 rings (SSSR count). The van der Waals surface area contributed by atoms with E-state index >= 15 is 0 Å². The van der Waals surface area contributed by atoms with E-state index in [9.17, 15) is 4.79 Å². The minimum Gasteiger partial charge on any atom is -0.496 e. The summed E-state index contributed by atoms with van der Waals surface area (Å²) in [5.74, 6) is 1.00. The number of benzene rings is 1. The zero-order valence-corrected chi connectivity index (χ0v) is 13.5. The highest BCUT2D eigenvalue weighted by atomic mass is 35.5. The number of nitrogen functional groups attached to an aromatic ring is 1. The van der Waals surface area contributed by atoms with Gasteiger partial charge in [-0.05, 0) is 37.8 Å². The van der Waals surface area contributed by atoms with E-state index < -0.39 is 0 Å². The van der Waals surface area contributed by atoms with Crippen molar-refractivity contribution in [1.29, 1.82) is 0 Å². The molecule has 6 heteroatoms. The number of rotatable bonds is 3. The molecule has 3 N–H and O–H groups in total. The molecule has 2 fully saturated rings. The molecule has 1 amide bonds. The van der Waals surface area contributed by atoms with Gasteiger partial charge in [-0.2, -0.15) is 0 Å². The molecule has 1 aromatic carbocycles. The second-order valence-electron chi connectivity index (χ2n) is 6.25. The molecule has 5 nitrogen and oxygen atoms in total. The van der Waals surface area contributed by atoms with Crippen LogP contribution in [0.1, 0.15) is 29.6 Å². The lowest BCUT2D eigenvalue weighted by Crippen LogP contribution is -2.52. The van der Waals surface area contributed by atoms with E-state index in [4.69, 9.17) is 22.1 Å². The molecular weight excluding hydrogens is 302 g/mol. The van der Waals surface area contributed by atoms with Gasteiger partial charge in [-0.25, -0.2) is 0 Å². The number of fused-ring (bicyclic) bond motifs is 2. The van der Waals surface area contributed by atoms with Gasteiger partial charge in [0.1, 0.15) is 5.75 Å². The predicted octanol–water partition coefficient (Wildman–Crippen LogP) is 2.14. The first-order valence-electron chi connectivity index (χ1n) is 7.73. The van der Waals surface area contributed by atoms with Crippen molar-refractivity contribution in [3.8, 4) is 5.75 Å². The molecule has 0 spiro atoms. The van der Waals surface area contributed by atoms with Gasteiger partial charge in [-0.3, -0.25) is 4.79 Å². The maximum absolute atomic E-state index is 12.6. The van der Waals surface area contributed by atoms with E-state index in [2.05, 4.69) is 10.2 Å². The van der Waals surface area contributed by atoms with Crippen molar-refractivity contribution in [3.05, 3.63) is 22.7 Å². The van der Waals surface area contributed by atoms with E-state index in [0.29, 0.717) is 27.9 Å². The summed E-state index contributed by atoms with van der Waals surface area (Å²) in [5, 5.41) is 3.50. The Morgan fingerprint density at radius 2 is 2.27 bits per heavy atom. The molecule has 1 unspecified atom stereocenters. The van der Waals surface area contributed by atoms with Crippen molar-refractivity contribution in [3.63, 3.8) is 0 Å². The van der Waals surface area contributed by atoms with Gasteiger partial charge in [0, 0.05) is 25.2 Å². The summed E-state index contributed by atoms with van der Waals surface area (Å²) in [6.45, 7) is 3.23. The van der Waals surface area contributed by atoms with E-state index in [0.717, 1.165) is 19.5 Å². The molecule has 0 aromatic heterocycles. The topological polar surface area (TPSA) is 67.6 Å². The van der Waals surface area contributed by atoms with Crippen LogP contribution in [-0.4, -0.2) is 43.6 Å². The predicted molar refractivity (Wildman–Crippen MR) is 87.5 cm³/mol. The lowest BCUT2D eigenvalue weighted by molar-refractivity contribution is 0.0775. The number of carbonyl (C=O) groups is 1. The van der Waals surface area contributed by atoms with Gasteiger partial charge < -0.3 is 20.7 Å². The number of anilines is 1. The highest BCUT2D eigenvalue weighted by Crippen LogP contribution is 2.30. The van der Waals surface area contributed by atoms with Crippen LogP contribution in [0.5, 0.6) is 5.75 Å². The Morgan fingerprint density at radius 3 is 3.00 bits per heavy atom. The minimum absolute atomic E-state index is 0.148. The SMILES string of the molecule is COc1cc(N)c(Cl)cc1C(=O)N[C@H]1C[C@H]2CCCN(C2)C1. The van der Waals surface area contributed by atoms with Crippen molar-refractivity contribution in [2.45, 2.75) is 25.3 Å². The third kappa shape index (κ3) is 3.15. The smallest absolute Gasteiger partial charge is 0.255 e. The van der Waals surface area contributed by atoms with Crippen LogP contribution in [0, 0.1) is 5.92 Å². The number of nitrogens with one attached hydrogen (secondary N) is 1. The molecule has 1 aromatic rings. The Morgan fingerprint density at radius 1 is 1.45 bits per heavy atom. The van der Waals surface area contributed by atoms with Gasteiger partial charge in [0.15, 0.2) is 0 Å². The van der Waals surface area contributed by atoms with Crippen LogP contribution in [0.2, 0.25) is 5.02 Å². The van der Waals surface area contributed by atoms with E-state index in [1.54, 1.807) is 12.1 Å². The molecule has 2 saturated heterocycles. The summed E-state index contributed by atoms with van der Waals surface area (Å²) in [6.07, 6.45) is 3.58. The minimum atomic E-state index is -0.148. The average Bonchev–Trinajstić information content (AvgIpc) is 2.49.